The third-order valence-corrected chi connectivity index (χ3v) is 4.82. The molecule has 0 saturated heterocycles. The second kappa shape index (κ2) is 9.80. The van der Waals surface area contributed by atoms with Gasteiger partial charge in [-0.2, -0.15) is 8.42 Å². The van der Waals surface area contributed by atoms with E-state index < -0.39 is 33.4 Å². The Morgan fingerprint density at radius 1 is 1.31 bits per heavy atom. The van der Waals surface area contributed by atoms with Crippen LogP contribution in [0.2, 0.25) is 0 Å². The highest BCUT2D eigenvalue weighted by Gasteiger charge is 2.33. The topological polar surface area (TPSA) is 110 Å². The van der Waals surface area contributed by atoms with Crippen LogP contribution in [-0.4, -0.2) is 43.1 Å². The van der Waals surface area contributed by atoms with E-state index in [0.29, 0.717) is 6.42 Å². The van der Waals surface area contributed by atoms with E-state index in [2.05, 4.69) is 5.32 Å². The molecule has 0 aliphatic rings. The van der Waals surface area contributed by atoms with Gasteiger partial charge in [0.2, 0.25) is 5.91 Å². The van der Waals surface area contributed by atoms with E-state index >= 15 is 0 Å². The quantitative estimate of drug-likeness (QED) is 0.445. The highest BCUT2D eigenvalue weighted by atomic mass is 32.2. The molecule has 2 N–H and O–H groups in total. The Bertz CT molecular complexity index is 687. The third-order valence-electron chi connectivity index (χ3n) is 4.07. The Balaban J connectivity index is 2.77. The molecular weight excluding hydrogens is 358 g/mol. The van der Waals surface area contributed by atoms with Crippen LogP contribution in [0.15, 0.2) is 30.3 Å². The van der Waals surface area contributed by atoms with Crippen molar-refractivity contribution in [2.45, 2.75) is 52.4 Å². The molecule has 0 aliphatic carbocycles. The van der Waals surface area contributed by atoms with Crippen molar-refractivity contribution in [1.82, 2.24) is 5.32 Å². The summed E-state index contributed by atoms with van der Waals surface area (Å²) < 4.78 is 36.7. The second-order valence-corrected chi connectivity index (χ2v) is 8.59. The molecule has 26 heavy (non-hydrogen) atoms. The lowest BCUT2D eigenvalue weighted by molar-refractivity contribution is -0.128. The van der Waals surface area contributed by atoms with Gasteiger partial charge in [0.25, 0.3) is 10.1 Å². The first-order valence-corrected chi connectivity index (χ1v) is 9.97. The van der Waals surface area contributed by atoms with Gasteiger partial charge in [0, 0.05) is 13.0 Å². The zero-order valence-electron chi connectivity index (χ0n) is 15.3. The summed E-state index contributed by atoms with van der Waals surface area (Å²) in [7, 11) is -4.13. The molecule has 1 aromatic rings. The summed E-state index contributed by atoms with van der Waals surface area (Å²) in [6, 6.07) is 8.91. The molecule has 8 heteroatoms. The third kappa shape index (κ3) is 8.55. The fraction of sp³-hybridized carbons (Fsp3) is 0.556. The van der Waals surface area contributed by atoms with Crippen LogP contribution >= 0.6 is 0 Å². The zero-order valence-corrected chi connectivity index (χ0v) is 16.2. The minimum absolute atomic E-state index is 0.0477. The van der Waals surface area contributed by atoms with Crippen molar-refractivity contribution >= 4 is 22.3 Å². The Morgan fingerprint density at radius 3 is 2.42 bits per heavy atom. The van der Waals surface area contributed by atoms with Crippen LogP contribution < -0.4 is 5.32 Å². The maximum atomic E-state index is 11.5. The number of ether oxygens (including phenoxy) is 1. The summed E-state index contributed by atoms with van der Waals surface area (Å²) in [5.74, 6) is -0.779. The van der Waals surface area contributed by atoms with Crippen LogP contribution in [0.25, 0.3) is 0 Å². The van der Waals surface area contributed by atoms with Crippen molar-refractivity contribution in [2.24, 2.45) is 5.41 Å². The first-order valence-electron chi connectivity index (χ1n) is 8.36. The second-order valence-electron chi connectivity index (χ2n) is 7.02. The van der Waals surface area contributed by atoms with Gasteiger partial charge in [-0.05, 0) is 23.8 Å². The van der Waals surface area contributed by atoms with Crippen LogP contribution in [0.3, 0.4) is 0 Å². The van der Waals surface area contributed by atoms with E-state index in [1.165, 1.54) is 6.92 Å². The Hall–Kier alpha value is -1.77. The number of hydrogen-bond donors (Lipinski definition) is 2. The van der Waals surface area contributed by atoms with E-state index in [-0.39, 0.29) is 18.9 Å². The molecule has 0 aliphatic heterocycles. The van der Waals surface area contributed by atoms with Crippen LogP contribution in [0.4, 0.5) is 0 Å². The van der Waals surface area contributed by atoms with Gasteiger partial charge in [0.15, 0.2) is 0 Å². The van der Waals surface area contributed by atoms with E-state index in [1.54, 1.807) is 0 Å². The summed E-state index contributed by atoms with van der Waals surface area (Å²) in [5.41, 5.74) is 0.281. The predicted octanol–water partition coefficient (Wildman–Crippen LogP) is 1.97. The molecular formula is C18H27NO6S. The predicted molar refractivity (Wildman–Crippen MR) is 98.1 cm³/mol. The van der Waals surface area contributed by atoms with Gasteiger partial charge in [-0.25, -0.2) is 0 Å². The monoisotopic (exact) mass is 385 g/mol. The van der Waals surface area contributed by atoms with Crippen LogP contribution in [0.1, 0.15) is 39.2 Å². The maximum Gasteiger partial charge on any atom is 0.264 e. The fourth-order valence-corrected chi connectivity index (χ4v) is 3.35. The molecule has 1 rings (SSSR count). The van der Waals surface area contributed by atoms with Crippen molar-refractivity contribution < 1.29 is 27.3 Å². The average Bonchev–Trinajstić information content (AvgIpc) is 2.52. The summed E-state index contributed by atoms with van der Waals surface area (Å²) in [4.78, 5) is 22.9. The molecule has 0 spiro atoms. The van der Waals surface area contributed by atoms with Crippen molar-refractivity contribution in [3.8, 4) is 0 Å². The highest BCUT2D eigenvalue weighted by molar-refractivity contribution is 7.85. The van der Waals surface area contributed by atoms with Gasteiger partial charge in [-0.1, -0.05) is 44.2 Å². The number of carbonyl (C=O) groups is 2. The average molecular weight is 385 g/mol. The number of benzene rings is 1. The molecule has 1 aromatic carbocycles. The lowest BCUT2D eigenvalue weighted by atomic mass is 9.80. The molecule has 0 bridgehead atoms. The first-order chi connectivity index (χ1) is 12.0. The van der Waals surface area contributed by atoms with Crippen molar-refractivity contribution in [1.29, 1.82) is 0 Å². The van der Waals surface area contributed by atoms with Crippen LogP contribution in [-0.2, 0) is 31.1 Å². The van der Waals surface area contributed by atoms with Crippen LogP contribution in [0, 0.1) is 5.41 Å². The van der Waals surface area contributed by atoms with Crippen molar-refractivity contribution in [3.63, 3.8) is 0 Å². The van der Waals surface area contributed by atoms with Gasteiger partial charge in [0.1, 0.15) is 12.4 Å². The molecule has 0 saturated carbocycles. The summed E-state index contributed by atoms with van der Waals surface area (Å²) >= 11 is 0. The lowest BCUT2D eigenvalue weighted by Crippen LogP contribution is -2.43. The fourth-order valence-electron chi connectivity index (χ4n) is 2.76. The SMILES string of the molecule is CC(=O)NC(CCS(=O)(=O)O)CC(C)(C)[C@H](C=O)OCc1ccccc1. The number of hydrogen-bond acceptors (Lipinski definition) is 5. The molecule has 146 valence electrons. The minimum atomic E-state index is -4.13. The van der Waals surface area contributed by atoms with Gasteiger partial charge >= 0.3 is 0 Å². The number of carbonyl (C=O) groups excluding carboxylic acids is 2. The maximum absolute atomic E-state index is 11.5. The Kier molecular flexibility index (Phi) is 8.39. The number of aldehydes is 1. The van der Waals surface area contributed by atoms with E-state index in [4.69, 9.17) is 9.29 Å². The van der Waals surface area contributed by atoms with E-state index in [0.717, 1.165) is 11.8 Å². The van der Waals surface area contributed by atoms with Gasteiger partial charge in [0.05, 0.1) is 12.4 Å². The number of rotatable bonds is 11. The van der Waals surface area contributed by atoms with Crippen molar-refractivity contribution in [2.75, 3.05) is 5.75 Å². The molecule has 0 fully saturated rings. The summed E-state index contributed by atoms with van der Waals surface area (Å²) in [6.07, 6.45) is 0.355. The number of amides is 1. The molecule has 0 heterocycles. The van der Waals surface area contributed by atoms with Gasteiger partial charge < -0.3 is 14.8 Å². The molecule has 0 aromatic heterocycles. The van der Waals surface area contributed by atoms with Gasteiger partial charge in [-0.3, -0.25) is 9.35 Å². The van der Waals surface area contributed by atoms with Gasteiger partial charge in [-0.15, -0.1) is 0 Å². The molecule has 0 radical (unpaired) electrons. The summed E-state index contributed by atoms with van der Waals surface area (Å²) in [5, 5.41) is 2.68. The summed E-state index contributed by atoms with van der Waals surface area (Å²) in [6.45, 7) is 5.23. The standard InChI is InChI=1S/C18H27NO6S/c1-14(21)19-16(9-10-26(22,23)24)11-18(2,3)17(12-20)25-13-15-7-5-4-6-8-15/h4-8,12,16-17H,9-11,13H2,1-3H3,(H,19,21)(H,22,23,24)/t16?,17-/m0/s1. The molecule has 2 atom stereocenters. The molecule has 1 unspecified atom stereocenters. The van der Waals surface area contributed by atoms with E-state index in [1.807, 2.05) is 44.2 Å². The normalized spacial score (nSPS) is 14.5. The lowest BCUT2D eigenvalue weighted by Gasteiger charge is -2.34. The molecule has 1 amide bonds. The Labute approximate surface area is 154 Å². The van der Waals surface area contributed by atoms with Crippen molar-refractivity contribution in [3.05, 3.63) is 35.9 Å². The zero-order chi connectivity index (χ0) is 19.8. The highest BCUT2D eigenvalue weighted by Crippen LogP contribution is 2.30. The molecule has 7 nitrogen and oxygen atoms in total. The minimum Gasteiger partial charge on any atom is -0.366 e. The number of nitrogens with one attached hydrogen (secondary N) is 1. The smallest absolute Gasteiger partial charge is 0.264 e. The van der Waals surface area contributed by atoms with Crippen LogP contribution in [0.5, 0.6) is 0 Å². The Morgan fingerprint density at radius 2 is 1.92 bits per heavy atom. The van der Waals surface area contributed by atoms with E-state index in [9.17, 15) is 18.0 Å². The first kappa shape index (κ1) is 22.3. The largest absolute Gasteiger partial charge is 0.366 e.